The molecule has 0 aliphatic heterocycles. The first-order valence-electron chi connectivity index (χ1n) is 5.35. The van der Waals surface area contributed by atoms with Crippen LogP contribution in [-0.4, -0.2) is 29.2 Å². The first-order chi connectivity index (χ1) is 8.54. The summed E-state index contributed by atoms with van der Waals surface area (Å²) < 4.78 is 5.21. The SMILES string of the molecule is COc1ccc(Cl)c2c(CC(N)C(=O)O)c[nH]c12. The van der Waals surface area contributed by atoms with E-state index in [2.05, 4.69) is 4.98 Å². The second-order valence-electron chi connectivity index (χ2n) is 3.96. The Balaban J connectivity index is 2.50. The van der Waals surface area contributed by atoms with Crippen LogP contribution in [0.5, 0.6) is 5.75 Å². The molecule has 1 unspecified atom stereocenters. The van der Waals surface area contributed by atoms with Gasteiger partial charge in [0.15, 0.2) is 0 Å². The molecule has 0 aliphatic carbocycles. The Labute approximate surface area is 108 Å². The van der Waals surface area contributed by atoms with Gasteiger partial charge in [0.05, 0.1) is 17.6 Å². The number of aromatic nitrogens is 1. The molecule has 0 saturated carbocycles. The highest BCUT2D eigenvalue weighted by Crippen LogP contribution is 2.33. The van der Waals surface area contributed by atoms with Crippen molar-refractivity contribution < 1.29 is 14.6 Å². The van der Waals surface area contributed by atoms with Crippen LogP contribution < -0.4 is 10.5 Å². The number of methoxy groups -OCH3 is 1. The average molecular weight is 269 g/mol. The minimum atomic E-state index is -1.04. The number of halogens is 1. The summed E-state index contributed by atoms with van der Waals surface area (Å²) in [7, 11) is 1.56. The monoisotopic (exact) mass is 268 g/mol. The normalized spacial score (nSPS) is 12.6. The second-order valence-corrected chi connectivity index (χ2v) is 4.37. The number of hydrogen-bond donors (Lipinski definition) is 3. The predicted molar refractivity (Wildman–Crippen MR) is 69.2 cm³/mol. The molecule has 1 aromatic carbocycles. The Hall–Kier alpha value is -1.72. The third-order valence-corrected chi connectivity index (χ3v) is 3.12. The van der Waals surface area contributed by atoms with Crippen LogP contribution in [0.3, 0.4) is 0 Å². The van der Waals surface area contributed by atoms with Gasteiger partial charge in [0.25, 0.3) is 0 Å². The van der Waals surface area contributed by atoms with Crippen molar-refractivity contribution in [3.8, 4) is 5.75 Å². The van der Waals surface area contributed by atoms with Crippen molar-refractivity contribution in [2.24, 2.45) is 5.73 Å². The highest BCUT2D eigenvalue weighted by molar-refractivity contribution is 6.36. The zero-order valence-corrected chi connectivity index (χ0v) is 10.5. The molecule has 5 nitrogen and oxygen atoms in total. The highest BCUT2D eigenvalue weighted by atomic mass is 35.5. The molecule has 1 heterocycles. The Morgan fingerprint density at radius 2 is 2.33 bits per heavy atom. The molecule has 0 fully saturated rings. The number of nitrogens with two attached hydrogens (primary N) is 1. The molecule has 0 aliphatic rings. The Morgan fingerprint density at radius 3 is 2.94 bits per heavy atom. The van der Waals surface area contributed by atoms with E-state index in [1.165, 1.54) is 0 Å². The lowest BCUT2D eigenvalue weighted by Gasteiger charge is -2.07. The molecular formula is C12H13ClN2O3. The number of H-pyrrole nitrogens is 1. The molecule has 1 aromatic heterocycles. The van der Waals surface area contributed by atoms with Crippen LogP contribution in [0.1, 0.15) is 5.56 Å². The molecule has 96 valence electrons. The minimum absolute atomic E-state index is 0.211. The van der Waals surface area contributed by atoms with Crippen LogP contribution >= 0.6 is 11.6 Å². The van der Waals surface area contributed by atoms with Crippen molar-refractivity contribution in [1.82, 2.24) is 4.98 Å². The minimum Gasteiger partial charge on any atom is -0.495 e. The molecule has 4 N–H and O–H groups in total. The van der Waals surface area contributed by atoms with Gasteiger partial charge in [-0.25, -0.2) is 0 Å². The number of hydrogen-bond acceptors (Lipinski definition) is 3. The Kier molecular flexibility index (Phi) is 3.45. The fourth-order valence-corrected chi connectivity index (χ4v) is 2.18. The van der Waals surface area contributed by atoms with Crippen molar-refractivity contribution in [3.05, 3.63) is 28.9 Å². The largest absolute Gasteiger partial charge is 0.495 e. The molecule has 2 rings (SSSR count). The number of carbonyl (C=O) groups is 1. The lowest BCUT2D eigenvalue weighted by molar-refractivity contribution is -0.138. The number of fused-ring (bicyclic) bond motifs is 1. The van der Waals surface area contributed by atoms with E-state index in [-0.39, 0.29) is 6.42 Å². The van der Waals surface area contributed by atoms with E-state index in [1.807, 2.05) is 0 Å². The maximum absolute atomic E-state index is 10.8. The summed E-state index contributed by atoms with van der Waals surface area (Å²) in [5.41, 5.74) is 7.05. The maximum atomic E-state index is 10.8. The lowest BCUT2D eigenvalue weighted by Crippen LogP contribution is -2.32. The quantitative estimate of drug-likeness (QED) is 0.789. The van der Waals surface area contributed by atoms with Gasteiger partial charge in [-0.3, -0.25) is 4.79 Å². The van der Waals surface area contributed by atoms with Crippen LogP contribution in [-0.2, 0) is 11.2 Å². The number of ether oxygens (including phenoxy) is 1. The van der Waals surface area contributed by atoms with E-state index in [9.17, 15) is 4.79 Å². The maximum Gasteiger partial charge on any atom is 0.320 e. The molecule has 0 bridgehead atoms. The summed E-state index contributed by atoms with van der Waals surface area (Å²) in [6, 6.07) is 2.51. The number of aliphatic carboxylic acids is 1. The van der Waals surface area contributed by atoms with Crippen molar-refractivity contribution in [1.29, 1.82) is 0 Å². The van der Waals surface area contributed by atoms with Crippen LogP contribution in [0.4, 0.5) is 0 Å². The first kappa shape index (κ1) is 12.7. The van der Waals surface area contributed by atoms with Gasteiger partial charge in [-0.05, 0) is 17.7 Å². The van der Waals surface area contributed by atoms with E-state index in [4.69, 9.17) is 27.2 Å². The van der Waals surface area contributed by atoms with Gasteiger partial charge in [0.1, 0.15) is 11.8 Å². The standard InChI is InChI=1S/C12H13ClN2O3/c1-18-9-3-2-7(13)10-6(5-15-11(9)10)4-8(14)12(16)17/h2-3,5,8,15H,4,14H2,1H3,(H,16,17). The molecule has 0 radical (unpaired) electrons. The molecule has 0 amide bonds. The molecule has 18 heavy (non-hydrogen) atoms. The Bertz CT molecular complexity index is 594. The fraction of sp³-hybridized carbons (Fsp3) is 0.250. The number of carboxylic acid groups (broad SMARTS) is 1. The molecule has 2 aromatic rings. The number of benzene rings is 1. The van der Waals surface area contributed by atoms with Crippen molar-refractivity contribution >= 4 is 28.5 Å². The third-order valence-electron chi connectivity index (χ3n) is 2.81. The van der Waals surface area contributed by atoms with Gasteiger partial charge < -0.3 is 20.6 Å². The average Bonchev–Trinajstić information content (AvgIpc) is 2.74. The number of aromatic amines is 1. The third kappa shape index (κ3) is 2.14. The lowest BCUT2D eigenvalue weighted by atomic mass is 10.1. The summed E-state index contributed by atoms with van der Waals surface area (Å²) >= 11 is 6.13. The molecular weight excluding hydrogens is 256 g/mol. The zero-order valence-electron chi connectivity index (χ0n) is 9.74. The molecule has 1 atom stereocenters. The van der Waals surface area contributed by atoms with Gasteiger partial charge in [-0.2, -0.15) is 0 Å². The molecule has 0 saturated heterocycles. The van der Waals surface area contributed by atoms with Crippen molar-refractivity contribution in [2.75, 3.05) is 7.11 Å². The summed E-state index contributed by atoms with van der Waals surface area (Å²) in [6.07, 6.45) is 1.92. The van der Waals surface area contributed by atoms with Gasteiger partial charge in [-0.1, -0.05) is 11.6 Å². The topological polar surface area (TPSA) is 88.3 Å². The van der Waals surface area contributed by atoms with Crippen LogP contribution in [0.2, 0.25) is 5.02 Å². The number of nitrogens with one attached hydrogen (secondary N) is 1. The van der Waals surface area contributed by atoms with E-state index >= 15 is 0 Å². The zero-order chi connectivity index (χ0) is 13.3. The van der Waals surface area contributed by atoms with Crippen LogP contribution in [0.25, 0.3) is 10.9 Å². The van der Waals surface area contributed by atoms with Gasteiger partial charge >= 0.3 is 5.97 Å². The van der Waals surface area contributed by atoms with Crippen molar-refractivity contribution in [2.45, 2.75) is 12.5 Å². The van der Waals surface area contributed by atoms with Gasteiger partial charge in [0.2, 0.25) is 0 Å². The number of rotatable bonds is 4. The van der Waals surface area contributed by atoms with Gasteiger partial charge in [-0.15, -0.1) is 0 Å². The Morgan fingerprint density at radius 1 is 1.61 bits per heavy atom. The van der Waals surface area contributed by atoms with Crippen molar-refractivity contribution in [3.63, 3.8) is 0 Å². The van der Waals surface area contributed by atoms with E-state index < -0.39 is 12.0 Å². The second kappa shape index (κ2) is 4.88. The summed E-state index contributed by atoms with van der Waals surface area (Å²) in [4.78, 5) is 13.8. The van der Waals surface area contributed by atoms with Crippen LogP contribution in [0, 0.1) is 0 Å². The number of carboxylic acids is 1. The highest BCUT2D eigenvalue weighted by Gasteiger charge is 2.17. The fourth-order valence-electron chi connectivity index (χ4n) is 1.90. The summed E-state index contributed by atoms with van der Waals surface area (Å²) in [5, 5.41) is 10.1. The summed E-state index contributed by atoms with van der Waals surface area (Å²) in [6.45, 7) is 0. The smallest absolute Gasteiger partial charge is 0.320 e. The molecule has 0 spiro atoms. The van der Waals surface area contributed by atoms with E-state index in [1.54, 1.807) is 25.4 Å². The first-order valence-corrected chi connectivity index (χ1v) is 5.73. The van der Waals surface area contributed by atoms with Gasteiger partial charge in [0, 0.05) is 18.0 Å². The van der Waals surface area contributed by atoms with E-state index in [0.29, 0.717) is 10.8 Å². The summed E-state index contributed by atoms with van der Waals surface area (Å²) in [5.74, 6) is -0.382. The predicted octanol–water partition coefficient (Wildman–Crippen LogP) is 1.78. The van der Waals surface area contributed by atoms with E-state index in [0.717, 1.165) is 16.5 Å². The molecule has 6 heteroatoms. The van der Waals surface area contributed by atoms with Crippen LogP contribution in [0.15, 0.2) is 18.3 Å².